The fraction of sp³-hybridized carbons (Fsp3) is 0.632. The molecule has 25 heavy (non-hydrogen) atoms. The lowest BCUT2D eigenvalue weighted by Gasteiger charge is -2.24. The maximum absolute atomic E-state index is 5.42. The number of aliphatic imine (C=N–C) groups is 1. The molecule has 0 bridgehead atoms. The van der Waals surface area contributed by atoms with E-state index in [4.69, 9.17) is 4.74 Å². The molecule has 0 unspecified atom stereocenters. The van der Waals surface area contributed by atoms with Crippen LogP contribution in [0.4, 0.5) is 0 Å². The molecule has 0 atom stereocenters. The molecule has 1 aromatic carbocycles. The highest BCUT2D eigenvalue weighted by Crippen LogP contribution is 2.09. The van der Waals surface area contributed by atoms with Crippen molar-refractivity contribution in [2.75, 3.05) is 33.8 Å². The molecule has 0 saturated carbocycles. The molecule has 1 rings (SSSR count). The first-order chi connectivity index (χ1) is 11.4. The van der Waals surface area contributed by atoms with Crippen LogP contribution < -0.4 is 10.6 Å². The second kappa shape index (κ2) is 12.5. The first-order valence-electron chi connectivity index (χ1n) is 8.74. The Bertz CT molecular complexity index is 516. The molecule has 0 heterocycles. The molecule has 6 heteroatoms. The van der Waals surface area contributed by atoms with Gasteiger partial charge >= 0.3 is 0 Å². The highest BCUT2D eigenvalue weighted by molar-refractivity contribution is 14.0. The monoisotopic (exact) mass is 462 g/mol. The molecule has 0 aromatic heterocycles. The van der Waals surface area contributed by atoms with Gasteiger partial charge in [0.15, 0.2) is 5.96 Å². The number of nitrogens with zero attached hydrogens (tertiary/aromatic N) is 2. The van der Waals surface area contributed by atoms with Crippen LogP contribution in [0.1, 0.15) is 38.8 Å². The molecule has 0 saturated heterocycles. The third kappa shape index (κ3) is 9.42. The van der Waals surface area contributed by atoms with Crippen molar-refractivity contribution in [3.05, 3.63) is 35.4 Å². The van der Waals surface area contributed by atoms with Gasteiger partial charge in [-0.05, 0) is 38.1 Å². The number of halogens is 1. The number of rotatable bonds is 9. The Balaban J connectivity index is 0.00000576. The summed E-state index contributed by atoms with van der Waals surface area (Å²) in [6.45, 7) is 13.1. The number of hydrogen-bond donors (Lipinski definition) is 2. The summed E-state index contributed by atoms with van der Waals surface area (Å²) in [7, 11) is 3.51. The SMILES string of the molecule is CCN(CC)Cc1cccc(CNC(=NC)NCC(C)(C)OC)c1.I. The molecular formula is C19H35IN4O. The Morgan fingerprint density at radius 3 is 2.36 bits per heavy atom. The number of hydrogen-bond acceptors (Lipinski definition) is 3. The third-order valence-electron chi connectivity index (χ3n) is 4.21. The van der Waals surface area contributed by atoms with Crippen LogP contribution in [-0.2, 0) is 17.8 Å². The molecule has 0 radical (unpaired) electrons. The van der Waals surface area contributed by atoms with Crippen molar-refractivity contribution in [1.82, 2.24) is 15.5 Å². The molecule has 0 amide bonds. The van der Waals surface area contributed by atoms with Crippen LogP contribution in [0.15, 0.2) is 29.3 Å². The number of nitrogens with one attached hydrogen (secondary N) is 2. The predicted octanol–water partition coefficient (Wildman–Crippen LogP) is 3.24. The Kier molecular flexibility index (Phi) is 12.1. The van der Waals surface area contributed by atoms with Crippen molar-refractivity contribution in [3.8, 4) is 0 Å². The second-order valence-electron chi connectivity index (χ2n) is 6.52. The Morgan fingerprint density at radius 1 is 1.16 bits per heavy atom. The predicted molar refractivity (Wildman–Crippen MR) is 118 cm³/mol. The summed E-state index contributed by atoms with van der Waals surface area (Å²) in [5.74, 6) is 0.786. The van der Waals surface area contributed by atoms with E-state index in [9.17, 15) is 0 Å². The van der Waals surface area contributed by atoms with Crippen LogP contribution in [0, 0.1) is 0 Å². The summed E-state index contributed by atoms with van der Waals surface area (Å²) in [5.41, 5.74) is 2.39. The number of methoxy groups -OCH3 is 1. The van der Waals surface area contributed by atoms with Crippen LogP contribution in [0.3, 0.4) is 0 Å². The lowest BCUT2D eigenvalue weighted by molar-refractivity contribution is 0.0268. The highest BCUT2D eigenvalue weighted by Gasteiger charge is 2.16. The van der Waals surface area contributed by atoms with Gasteiger partial charge in [-0.25, -0.2) is 0 Å². The summed E-state index contributed by atoms with van der Waals surface area (Å²) in [5, 5.41) is 6.66. The first-order valence-corrected chi connectivity index (χ1v) is 8.74. The average molecular weight is 462 g/mol. The lowest BCUT2D eigenvalue weighted by atomic mass is 10.1. The quantitative estimate of drug-likeness (QED) is 0.336. The maximum Gasteiger partial charge on any atom is 0.191 e. The zero-order chi connectivity index (χ0) is 18.0. The molecule has 0 fully saturated rings. The minimum atomic E-state index is -0.221. The van der Waals surface area contributed by atoms with Crippen LogP contribution in [-0.4, -0.2) is 50.3 Å². The molecule has 0 aliphatic heterocycles. The second-order valence-corrected chi connectivity index (χ2v) is 6.52. The van der Waals surface area contributed by atoms with E-state index < -0.39 is 0 Å². The van der Waals surface area contributed by atoms with Gasteiger partial charge in [-0.2, -0.15) is 0 Å². The third-order valence-corrected chi connectivity index (χ3v) is 4.21. The Hall–Kier alpha value is -0.860. The molecule has 0 spiro atoms. The van der Waals surface area contributed by atoms with E-state index in [2.05, 4.69) is 58.6 Å². The molecule has 0 aliphatic carbocycles. The van der Waals surface area contributed by atoms with E-state index in [1.165, 1.54) is 11.1 Å². The molecule has 0 aliphatic rings. The largest absolute Gasteiger partial charge is 0.377 e. The summed E-state index contributed by atoms with van der Waals surface area (Å²) >= 11 is 0. The van der Waals surface area contributed by atoms with Gasteiger partial charge in [0.25, 0.3) is 0 Å². The van der Waals surface area contributed by atoms with Crippen molar-refractivity contribution >= 4 is 29.9 Å². The summed E-state index contributed by atoms with van der Waals surface area (Å²) in [6, 6.07) is 8.72. The van der Waals surface area contributed by atoms with Gasteiger partial charge in [-0.15, -0.1) is 24.0 Å². The van der Waals surface area contributed by atoms with Crippen LogP contribution in [0.25, 0.3) is 0 Å². The summed E-state index contributed by atoms with van der Waals surface area (Å²) in [6.07, 6.45) is 0. The molecule has 144 valence electrons. The van der Waals surface area contributed by atoms with E-state index in [0.717, 1.165) is 32.1 Å². The minimum Gasteiger partial charge on any atom is -0.377 e. The number of ether oxygens (including phenoxy) is 1. The number of guanidine groups is 1. The van der Waals surface area contributed by atoms with Gasteiger partial charge < -0.3 is 15.4 Å². The van der Waals surface area contributed by atoms with E-state index in [0.29, 0.717) is 6.54 Å². The Morgan fingerprint density at radius 2 is 1.80 bits per heavy atom. The van der Waals surface area contributed by atoms with Gasteiger partial charge in [-0.3, -0.25) is 9.89 Å². The van der Waals surface area contributed by atoms with E-state index in [1.807, 2.05) is 13.8 Å². The van der Waals surface area contributed by atoms with Crippen molar-refractivity contribution in [2.24, 2.45) is 4.99 Å². The van der Waals surface area contributed by atoms with Crippen molar-refractivity contribution in [1.29, 1.82) is 0 Å². The first kappa shape index (κ1) is 24.1. The molecule has 2 N–H and O–H groups in total. The molecular weight excluding hydrogens is 427 g/mol. The lowest BCUT2D eigenvalue weighted by Crippen LogP contribution is -2.45. The van der Waals surface area contributed by atoms with Gasteiger partial charge in [0.2, 0.25) is 0 Å². The number of benzene rings is 1. The fourth-order valence-electron chi connectivity index (χ4n) is 2.32. The van der Waals surface area contributed by atoms with Crippen molar-refractivity contribution in [3.63, 3.8) is 0 Å². The van der Waals surface area contributed by atoms with Crippen molar-refractivity contribution < 1.29 is 4.74 Å². The van der Waals surface area contributed by atoms with Gasteiger partial charge in [0.05, 0.1) is 5.60 Å². The average Bonchev–Trinajstić information content (AvgIpc) is 2.60. The van der Waals surface area contributed by atoms with Crippen molar-refractivity contribution in [2.45, 2.75) is 46.4 Å². The maximum atomic E-state index is 5.42. The van der Waals surface area contributed by atoms with E-state index in [1.54, 1.807) is 14.2 Å². The zero-order valence-corrected chi connectivity index (χ0v) is 18.9. The normalized spacial score (nSPS) is 12.0. The summed E-state index contributed by atoms with van der Waals surface area (Å²) < 4.78 is 5.42. The van der Waals surface area contributed by atoms with Crippen LogP contribution >= 0.6 is 24.0 Å². The van der Waals surface area contributed by atoms with Gasteiger partial charge in [-0.1, -0.05) is 38.1 Å². The minimum absolute atomic E-state index is 0. The standard InChI is InChI=1S/C19H34N4O.HI/c1-7-23(8-2)14-17-11-9-10-16(12-17)13-21-18(20-5)22-15-19(3,4)24-6;/h9-12H,7-8,13-15H2,1-6H3,(H2,20,21,22);1H. The molecule has 5 nitrogen and oxygen atoms in total. The van der Waals surface area contributed by atoms with Crippen LogP contribution in [0.5, 0.6) is 0 Å². The summed E-state index contributed by atoms with van der Waals surface area (Å²) in [4.78, 5) is 6.68. The van der Waals surface area contributed by atoms with E-state index >= 15 is 0 Å². The Labute approximate surface area is 170 Å². The van der Waals surface area contributed by atoms with Gasteiger partial charge in [0.1, 0.15) is 0 Å². The topological polar surface area (TPSA) is 48.9 Å². The fourth-order valence-corrected chi connectivity index (χ4v) is 2.32. The van der Waals surface area contributed by atoms with Crippen LogP contribution in [0.2, 0.25) is 0 Å². The zero-order valence-electron chi connectivity index (χ0n) is 16.6. The smallest absolute Gasteiger partial charge is 0.191 e. The van der Waals surface area contributed by atoms with Gasteiger partial charge in [0, 0.05) is 33.8 Å². The van der Waals surface area contributed by atoms with E-state index in [-0.39, 0.29) is 29.6 Å². The highest BCUT2D eigenvalue weighted by atomic mass is 127. The molecule has 1 aromatic rings.